The molecule has 0 atom stereocenters. The first-order valence-electron chi connectivity index (χ1n) is 9.61. The minimum Gasteiger partial charge on any atom is -0.493 e. The van der Waals surface area contributed by atoms with Gasteiger partial charge in [0.2, 0.25) is 0 Å². The van der Waals surface area contributed by atoms with E-state index < -0.39 is 32.4 Å². The molecule has 0 saturated carbocycles. The summed E-state index contributed by atoms with van der Waals surface area (Å²) in [6.45, 7) is 1.84. The van der Waals surface area contributed by atoms with Gasteiger partial charge in [-0.15, -0.1) is 0 Å². The monoisotopic (exact) mass is 455 g/mol. The molecule has 9 heteroatoms. The van der Waals surface area contributed by atoms with Gasteiger partial charge in [-0.25, -0.2) is 17.9 Å². The van der Waals surface area contributed by atoms with Crippen molar-refractivity contribution in [2.75, 3.05) is 6.61 Å². The van der Waals surface area contributed by atoms with Gasteiger partial charge < -0.3 is 14.9 Å². The molecule has 1 amide bonds. The van der Waals surface area contributed by atoms with Crippen molar-refractivity contribution in [1.82, 2.24) is 4.72 Å². The van der Waals surface area contributed by atoms with E-state index in [9.17, 15) is 28.2 Å². The van der Waals surface area contributed by atoms with E-state index in [0.717, 1.165) is 12.1 Å². The Kier molecular flexibility index (Phi) is 6.61. The van der Waals surface area contributed by atoms with Gasteiger partial charge in [0, 0.05) is 0 Å². The van der Waals surface area contributed by atoms with Gasteiger partial charge in [-0.2, -0.15) is 0 Å². The molecule has 3 N–H and O–H groups in total. The second-order valence-electron chi connectivity index (χ2n) is 6.77. The third-order valence-corrected chi connectivity index (χ3v) is 6.06. The summed E-state index contributed by atoms with van der Waals surface area (Å²) in [4.78, 5) is 24.2. The van der Waals surface area contributed by atoms with Gasteiger partial charge >= 0.3 is 5.97 Å². The molecule has 0 radical (unpaired) electrons. The minimum atomic E-state index is -4.52. The maximum atomic E-state index is 13.2. The summed E-state index contributed by atoms with van der Waals surface area (Å²) in [5.41, 5.74) is -2.35. The van der Waals surface area contributed by atoms with Crippen LogP contribution in [0.15, 0.2) is 83.8 Å². The standard InChI is InChI=1S/C23H21NO7S/c1-2-31-20-14-13-18(15-19(20)21(25)26)32(29,30)24-22(27)23(28,16-9-5-3-6-10-16)17-11-7-4-8-12-17/h3-15,28H,2H2,1H3,(H,24,27)(H,25,26). The SMILES string of the molecule is CCOc1ccc(S(=O)(=O)NC(=O)C(O)(c2ccccc2)c2ccccc2)cc1C(=O)O. The zero-order chi connectivity index (χ0) is 23.4. The Balaban J connectivity index is 2.03. The number of rotatable bonds is 8. The molecule has 8 nitrogen and oxygen atoms in total. The van der Waals surface area contributed by atoms with Crippen LogP contribution in [0.1, 0.15) is 28.4 Å². The van der Waals surface area contributed by atoms with Crippen LogP contribution in [0.3, 0.4) is 0 Å². The van der Waals surface area contributed by atoms with Crippen molar-refractivity contribution in [2.45, 2.75) is 17.4 Å². The molecule has 0 saturated heterocycles. The fourth-order valence-corrected chi connectivity index (χ4v) is 4.20. The molecule has 0 heterocycles. The first kappa shape index (κ1) is 23.0. The number of hydrogen-bond acceptors (Lipinski definition) is 6. The largest absolute Gasteiger partial charge is 0.493 e. The molecule has 0 aliphatic carbocycles. The highest BCUT2D eigenvalue weighted by atomic mass is 32.2. The minimum absolute atomic E-state index is 0.00430. The maximum absolute atomic E-state index is 13.2. The first-order valence-corrected chi connectivity index (χ1v) is 11.1. The third-order valence-electron chi connectivity index (χ3n) is 4.73. The van der Waals surface area contributed by atoms with Crippen molar-refractivity contribution >= 4 is 21.9 Å². The second-order valence-corrected chi connectivity index (χ2v) is 8.46. The van der Waals surface area contributed by atoms with Crippen LogP contribution in [-0.2, 0) is 20.4 Å². The number of hydrogen-bond donors (Lipinski definition) is 3. The Hall–Kier alpha value is -3.69. The number of sulfonamides is 1. The lowest BCUT2D eigenvalue weighted by molar-refractivity contribution is -0.134. The van der Waals surface area contributed by atoms with Gasteiger partial charge in [0.1, 0.15) is 11.3 Å². The van der Waals surface area contributed by atoms with Crippen LogP contribution in [0.4, 0.5) is 0 Å². The van der Waals surface area contributed by atoms with Gasteiger partial charge in [-0.05, 0) is 36.2 Å². The highest BCUT2D eigenvalue weighted by molar-refractivity contribution is 7.90. The van der Waals surface area contributed by atoms with E-state index in [0.29, 0.717) is 0 Å². The van der Waals surface area contributed by atoms with Crippen LogP contribution >= 0.6 is 0 Å². The highest BCUT2D eigenvalue weighted by Crippen LogP contribution is 2.31. The first-order chi connectivity index (χ1) is 15.2. The van der Waals surface area contributed by atoms with Crippen molar-refractivity contribution in [2.24, 2.45) is 0 Å². The van der Waals surface area contributed by atoms with Crippen LogP contribution in [0.5, 0.6) is 5.75 Å². The zero-order valence-electron chi connectivity index (χ0n) is 17.1. The smallest absolute Gasteiger partial charge is 0.339 e. The molecule has 0 aliphatic rings. The number of carboxylic acids is 1. The topological polar surface area (TPSA) is 130 Å². The lowest BCUT2D eigenvalue weighted by atomic mass is 9.86. The van der Waals surface area contributed by atoms with E-state index in [1.807, 2.05) is 4.72 Å². The molecule has 32 heavy (non-hydrogen) atoms. The Morgan fingerprint density at radius 1 is 0.938 bits per heavy atom. The fourth-order valence-electron chi connectivity index (χ4n) is 3.17. The second kappa shape index (κ2) is 9.21. The summed E-state index contributed by atoms with van der Waals surface area (Å²) in [5, 5.41) is 20.8. The van der Waals surface area contributed by atoms with Crippen LogP contribution in [0, 0.1) is 0 Å². The van der Waals surface area contributed by atoms with E-state index in [-0.39, 0.29) is 29.0 Å². The average Bonchev–Trinajstić information content (AvgIpc) is 2.79. The molecule has 0 bridgehead atoms. The summed E-state index contributed by atoms with van der Waals surface area (Å²) >= 11 is 0. The van der Waals surface area contributed by atoms with Crippen LogP contribution < -0.4 is 9.46 Å². The van der Waals surface area contributed by atoms with Crippen molar-refractivity contribution in [1.29, 1.82) is 0 Å². The fraction of sp³-hybridized carbons (Fsp3) is 0.130. The quantitative estimate of drug-likeness (QED) is 0.476. The highest BCUT2D eigenvalue weighted by Gasteiger charge is 2.42. The van der Waals surface area contributed by atoms with Crippen molar-refractivity contribution in [3.05, 3.63) is 95.6 Å². The van der Waals surface area contributed by atoms with Crippen molar-refractivity contribution < 1.29 is 33.0 Å². The van der Waals surface area contributed by atoms with E-state index in [1.165, 1.54) is 30.3 Å². The van der Waals surface area contributed by atoms with Gasteiger partial charge in [0.05, 0.1) is 11.5 Å². The van der Waals surface area contributed by atoms with E-state index in [4.69, 9.17) is 4.74 Å². The average molecular weight is 455 g/mol. The molecule has 3 rings (SSSR count). The Bertz CT molecular complexity index is 1190. The van der Waals surface area contributed by atoms with E-state index >= 15 is 0 Å². The number of carbonyl (C=O) groups excluding carboxylic acids is 1. The normalized spacial score (nSPS) is 11.6. The molecule has 166 valence electrons. The van der Waals surface area contributed by atoms with Crippen molar-refractivity contribution in [3.8, 4) is 5.75 Å². The van der Waals surface area contributed by atoms with Gasteiger partial charge in [-0.1, -0.05) is 60.7 Å². The molecular formula is C23H21NO7S. The third kappa shape index (κ3) is 4.48. The number of ether oxygens (including phenoxy) is 1. The van der Waals surface area contributed by atoms with Crippen molar-refractivity contribution in [3.63, 3.8) is 0 Å². The van der Waals surface area contributed by atoms with Crippen LogP contribution in [-0.4, -0.2) is 37.1 Å². The van der Waals surface area contributed by atoms with Gasteiger partial charge in [0.25, 0.3) is 15.9 Å². The Labute approximate surface area is 185 Å². The predicted octanol–water partition coefficient (Wildman–Crippen LogP) is 2.52. The number of amides is 1. The summed E-state index contributed by atoms with van der Waals surface area (Å²) in [6.07, 6.45) is 0. The molecule has 0 fully saturated rings. The summed E-state index contributed by atoms with van der Waals surface area (Å²) in [6, 6.07) is 19.0. The van der Waals surface area contributed by atoms with Crippen LogP contribution in [0.2, 0.25) is 0 Å². The number of aromatic carboxylic acids is 1. The molecule has 3 aromatic carbocycles. The summed E-state index contributed by atoms with van der Waals surface area (Å²) < 4.78 is 32.9. The lowest BCUT2D eigenvalue weighted by Crippen LogP contribution is -2.47. The molecule has 0 aromatic heterocycles. The number of carboxylic acid groups (broad SMARTS) is 1. The Morgan fingerprint density at radius 3 is 1.94 bits per heavy atom. The summed E-state index contributed by atoms with van der Waals surface area (Å²) in [5.74, 6) is -2.60. The number of benzene rings is 3. The van der Waals surface area contributed by atoms with Gasteiger partial charge in [-0.3, -0.25) is 4.79 Å². The van der Waals surface area contributed by atoms with Crippen LogP contribution in [0.25, 0.3) is 0 Å². The van der Waals surface area contributed by atoms with E-state index in [1.54, 1.807) is 43.3 Å². The predicted molar refractivity (Wildman–Crippen MR) is 116 cm³/mol. The molecule has 0 unspecified atom stereocenters. The molecular weight excluding hydrogens is 434 g/mol. The zero-order valence-corrected chi connectivity index (χ0v) is 17.9. The van der Waals surface area contributed by atoms with E-state index in [2.05, 4.69) is 0 Å². The number of nitrogens with one attached hydrogen (secondary N) is 1. The lowest BCUT2D eigenvalue weighted by Gasteiger charge is -2.28. The van der Waals surface area contributed by atoms with Gasteiger partial charge in [0.15, 0.2) is 5.60 Å². The summed E-state index contributed by atoms with van der Waals surface area (Å²) in [7, 11) is -4.52. The maximum Gasteiger partial charge on any atom is 0.339 e. The molecule has 0 aliphatic heterocycles. The Morgan fingerprint density at radius 2 is 1.47 bits per heavy atom. The molecule has 3 aromatic rings. The molecule has 0 spiro atoms. The number of carbonyl (C=O) groups is 2. The number of aliphatic hydroxyl groups is 1.